The molecule has 4 heteroatoms. The van der Waals surface area contributed by atoms with Crippen LogP contribution in [0.2, 0.25) is 0 Å². The van der Waals surface area contributed by atoms with Gasteiger partial charge in [-0.1, -0.05) is 46.0 Å². The fourth-order valence-corrected chi connectivity index (χ4v) is 2.52. The molecular weight excluding hydrogens is 298 g/mol. The van der Waals surface area contributed by atoms with E-state index in [1.54, 1.807) is 12.4 Å². The number of hydrogen-bond acceptors (Lipinski definition) is 4. The Bertz CT molecular complexity index is 566. The fourth-order valence-electron chi connectivity index (χ4n) is 2.52. The van der Waals surface area contributed by atoms with Crippen molar-refractivity contribution in [2.75, 3.05) is 6.61 Å². The van der Waals surface area contributed by atoms with E-state index in [9.17, 15) is 0 Å². The number of aromatic nitrogens is 3. The molecule has 0 aliphatic carbocycles. The molecule has 130 valence electrons. The summed E-state index contributed by atoms with van der Waals surface area (Å²) in [6.07, 6.45) is 14.9. The third-order valence-electron chi connectivity index (χ3n) is 4.01. The molecule has 0 aliphatic heterocycles. The maximum Gasteiger partial charge on any atom is 0.160 e. The summed E-state index contributed by atoms with van der Waals surface area (Å²) in [6.45, 7) is 5.16. The Morgan fingerprint density at radius 1 is 0.792 bits per heavy atom. The predicted octanol–water partition coefficient (Wildman–Crippen LogP) is 5.23. The Labute approximate surface area is 145 Å². The van der Waals surface area contributed by atoms with Gasteiger partial charge < -0.3 is 4.74 Å². The van der Waals surface area contributed by atoms with E-state index in [4.69, 9.17) is 4.74 Å². The minimum absolute atomic E-state index is 0.695. The molecule has 0 atom stereocenters. The lowest BCUT2D eigenvalue weighted by Crippen LogP contribution is -1.99. The lowest BCUT2D eigenvalue weighted by Gasteiger charge is -2.06. The monoisotopic (exact) mass is 327 g/mol. The molecule has 2 aromatic rings. The van der Waals surface area contributed by atoms with Crippen LogP contribution in [0.5, 0.6) is 5.75 Å². The quantitative estimate of drug-likeness (QED) is 0.530. The minimum Gasteiger partial charge on any atom is -0.490 e. The van der Waals surface area contributed by atoms with Crippen LogP contribution < -0.4 is 4.74 Å². The summed E-state index contributed by atoms with van der Waals surface area (Å²) < 4.78 is 5.68. The summed E-state index contributed by atoms with van der Waals surface area (Å²) in [5, 5.41) is 0. The third kappa shape index (κ3) is 6.26. The van der Waals surface area contributed by atoms with Crippen molar-refractivity contribution < 1.29 is 4.74 Å². The van der Waals surface area contributed by atoms with Crippen LogP contribution in [0, 0.1) is 0 Å². The van der Waals surface area contributed by atoms with Crippen molar-refractivity contribution in [2.45, 2.75) is 65.2 Å². The van der Waals surface area contributed by atoms with Gasteiger partial charge in [0.05, 0.1) is 19.0 Å². The van der Waals surface area contributed by atoms with Crippen LogP contribution in [0.1, 0.15) is 64.5 Å². The van der Waals surface area contributed by atoms with Gasteiger partial charge in [0.2, 0.25) is 0 Å². The Morgan fingerprint density at radius 2 is 1.54 bits per heavy atom. The summed E-state index contributed by atoms with van der Waals surface area (Å²) in [4.78, 5) is 13.3. The smallest absolute Gasteiger partial charge is 0.160 e. The Hall–Kier alpha value is -1.97. The van der Waals surface area contributed by atoms with E-state index in [0.717, 1.165) is 36.5 Å². The zero-order valence-corrected chi connectivity index (χ0v) is 15.0. The summed E-state index contributed by atoms with van der Waals surface area (Å²) in [7, 11) is 0. The molecule has 0 saturated carbocycles. The van der Waals surface area contributed by atoms with Gasteiger partial charge in [-0.3, -0.25) is 4.98 Å². The van der Waals surface area contributed by atoms with E-state index in [0.29, 0.717) is 5.82 Å². The van der Waals surface area contributed by atoms with Gasteiger partial charge in [-0.05, 0) is 31.4 Å². The number of nitrogens with zero attached hydrogens (tertiary/aromatic N) is 3. The number of ether oxygens (including phenoxy) is 1. The Kier molecular flexibility index (Phi) is 8.22. The average Bonchev–Trinajstić information content (AvgIpc) is 2.63. The predicted molar refractivity (Wildman–Crippen MR) is 98.1 cm³/mol. The number of hydrogen-bond donors (Lipinski definition) is 0. The average molecular weight is 327 g/mol. The molecule has 0 N–H and O–H groups in total. The molecule has 0 spiro atoms. The molecule has 0 unspecified atom stereocenters. The van der Waals surface area contributed by atoms with Crippen LogP contribution in [0.3, 0.4) is 0 Å². The van der Waals surface area contributed by atoms with Crippen molar-refractivity contribution in [1.82, 2.24) is 15.0 Å². The second-order valence-electron chi connectivity index (χ2n) is 6.15. The van der Waals surface area contributed by atoms with E-state index >= 15 is 0 Å². The van der Waals surface area contributed by atoms with Gasteiger partial charge in [-0.15, -0.1) is 0 Å². The second-order valence-corrected chi connectivity index (χ2v) is 6.15. The molecule has 0 amide bonds. The molecule has 0 saturated heterocycles. The van der Waals surface area contributed by atoms with Gasteiger partial charge >= 0.3 is 0 Å². The molecule has 0 radical (unpaired) electrons. The van der Waals surface area contributed by atoms with Crippen LogP contribution >= 0.6 is 0 Å². The van der Waals surface area contributed by atoms with Crippen LogP contribution in [0.4, 0.5) is 0 Å². The highest BCUT2D eigenvalue weighted by atomic mass is 16.5. The zero-order valence-electron chi connectivity index (χ0n) is 15.0. The maximum atomic E-state index is 5.68. The molecule has 24 heavy (non-hydrogen) atoms. The maximum absolute atomic E-state index is 5.68. The van der Waals surface area contributed by atoms with Crippen molar-refractivity contribution in [3.8, 4) is 17.1 Å². The number of pyridine rings is 1. The highest BCUT2D eigenvalue weighted by Crippen LogP contribution is 2.17. The fraction of sp³-hybridized carbons (Fsp3) is 0.550. The van der Waals surface area contributed by atoms with Crippen molar-refractivity contribution >= 4 is 0 Å². The number of unbranched alkanes of at least 4 members (excludes halogenated alkanes) is 5. The van der Waals surface area contributed by atoms with Gasteiger partial charge in [-0.25, -0.2) is 9.97 Å². The van der Waals surface area contributed by atoms with Crippen molar-refractivity contribution in [3.05, 3.63) is 36.4 Å². The van der Waals surface area contributed by atoms with E-state index < -0.39 is 0 Å². The number of rotatable bonds is 11. The van der Waals surface area contributed by atoms with Crippen LogP contribution in [0.15, 0.2) is 30.7 Å². The Balaban J connectivity index is 1.83. The lowest BCUT2D eigenvalue weighted by atomic mass is 10.1. The van der Waals surface area contributed by atoms with E-state index in [2.05, 4.69) is 40.9 Å². The summed E-state index contributed by atoms with van der Waals surface area (Å²) >= 11 is 0. The Morgan fingerprint density at radius 3 is 2.21 bits per heavy atom. The van der Waals surface area contributed by atoms with Crippen LogP contribution in [0.25, 0.3) is 11.4 Å². The van der Waals surface area contributed by atoms with E-state index in [1.807, 2.05) is 6.20 Å². The molecule has 0 fully saturated rings. The molecule has 2 heterocycles. The zero-order chi connectivity index (χ0) is 17.0. The molecular formula is C20H29N3O. The van der Waals surface area contributed by atoms with Crippen molar-refractivity contribution in [2.24, 2.45) is 0 Å². The normalized spacial score (nSPS) is 10.8. The second kappa shape index (κ2) is 10.7. The third-order valence-corrected chi connectivity index (χ3v) is 4.01. The minimum atomic E-state index is 0.695. The highest BCUT2D eigenvalue weighted by Gasteiger charge is 2.03. The molecule has 0 aromatic carbocycles. The topological polar surface area (TPSA) is 47.9 Å². The molecule has 2 rings (SSSR count). The first kappa shape index (κ1) is 18.4. The van der Waals surface area contributed by atoms with Gasteiger partial charge in [0.1, 0.15) is 0 Å². The lowest BCUT2D eigenvalue weighted by molar-refractivity contribution is 0.303. The first-order valence-electron chi connectivity index (χ1n) is 9.23. The standard InChI is InChI=1S/C20H29N3O/c1-3-5-7-9-13-24-19-15-22-20(23-16-19)17-11-12-18(21-14-17)10-8-6-4-2/h11-12,14-16H,3-10,13H2,1-2H3. The first-order chi connectivity index (χ1) is 11.8. The first-order valence-corrected chi connectivity index (χ1v) is 9.23. The van der Waals surface area contributed by atoms with Gasteiger partial charge in [0.15, 0.2) is 11.6 Å². The van der Waals surface area contributed by atoms with Crippen molar-refractivity contribution in [1.29, 1.82) is 0 Å². The van der Waals surface area contributed by atoms with E-state index in [1.165, 1.54) is 38.5 Å². The van der Waals surface area contributed by atoms with Gasteiger partial charge in [-0.2, -0.15) is 0 Å². The van der Waals surface area contributed by atoms with Crippen molar-refractivity contribution in [3.63, 3.8) is 0 Å². The SMILES string of the molecule is CCCCCCOc1cnc(-c2ccc(CCCCC)nc2)nc1. The van der Waals surface area contributed by atoms with Gasteiger partial charge in [0, 0.05) is 17.5 Å². The largest absolute Gasteiger partial charge is 0.490 e. The molecule has 2 aromatic heterocycles. The van der Waals surface area contributed by atoms with Gasteiger partial charge in [0.25, 0.3) is 0 Å². The molecule has 4 nitrogen and oxygen atoms in total. The molecule has 0 aliphatic rings. The summed E-state index contributed by atoms with van der Waals surface area (Å²) in [5.41, 5.74) is 2.09. The summed E-state index contributed by atoms with van der Waals surface area (Å²) in [5.74, 6) is 1.43. The van der Waals surface area contributed by atoms with Crippen LogP contribution in [-0.4, -0.2) is 21.6 Å². The number of aryl methyl sites for hydroxylation is 1. The summed E-state index contributed by atoms with van der Waals surface area (Å²) in [6, 6.07) is 4.13. The highest BCUT2D eigenvalue weighted by molar-refractivity contribution is 5.53. The van der Waals surface area contributed by atoms with E-state index in [-0.39, 0.29) is 0 Å². The van der Waals surface area contributed by atoms with Crippen LogP contribution in [-0.2, 0) is 6.42 Å². The molecule has 0 bridgehead atoms.